The zero-order valence-electron chi connectivity index (χ0n) is 20.5. The molecule has 0 fully saturated rings. The van der Waals surface area contributed by atoms with Gasteiger partial charge in [0, 0.05) is 34.7 Å². The molecule has 2 atom stereocenters. The van der Waals surface area contributed by atoms with Crippen molar-refractivity contribution in [3.05, 3.63) is 112 Å². The summed E-state index contributed by atoms with van der Waals surface area (Å²) >= 11 is 0. The largest absolute Gasteiger partial charge is 0.423 e. The lowest BCUT2D eigenvalue weighted by Crippen LogP contribution is -2.37. The number of hydrogen-bond acceptors (Lipinski definition) is 5. The number of halogens is 1. The van der Waals surface area contributed by atoms with Crippen LogP contribution in [0.3, 0.4) is 0 Å². The van der Waals surface area contributed by atoms with Gasteiger partial charge in [-0.25, -0.2) is 9.18 Å². The molecule has 0 bridgehead atoms. The maximum Gasteiger partial charge on any atom is 0.343 e. The summed E-state index contributed by atoms with van der Waals surface area (Å²) in [5, 5.41) is 0. The molecule has 0 aromatic heterocycles. The van der Waals surface area contributed by atoms with Crippen molar-refractivity contribution in [2.45, 2.75) is 32.6 Å². The number of Topliss-reactive ketones (excluding diaryl/α,β-unsaturated/α-hetero) is 2. The number of esters is 1. The molecule has 184 valence electrons. The summed E-state index contributed by atoms with van der Waals surface area (Å²) in [6.45, 7) is 4.13. The standard InChI is InChI=1S/C31H24FNO4/c1-31(2)15-23-26(24(34)16-31)25(27-28(33-23)21-5-3-4-6-22(21)29(27)35)17-9-13-20(14-10-17)37-30(36)18-7-11-19(32)12-8-18/h3-14,25,27H,15-16H2,1-2H3. The molecule has 6 heteroatoms. The fraction of sp³-hybridized carbons (Fsp3) is 0.226. The molecule has 0 radical (unpaired) electrons. The molecule has 1 heterocycles. The predicted octanol–water partition coefficient (Wildman–Crippen LogP) is 6.09. The number of benzene rings is 3. The van der Waals surface area contributed by atoms with Crippen LogP contribution in [0.1, 0.15) is 64.4 Å². The summed E-state index contributed by atoms with van der Waals surface area (Å²) in [6, 6.07) is 19.5. The van der Waals surface area contributed by atoms with Crippen molar-refractivity contribution in [3.8, 4) is 5.75 Å². The van der Waals surface area contributed by atoms with E-state index in [-0.39, 0.29) is 22.5 Å². The van der Waals surface area contributed by atoms with Gasteiger partial charge in [0.25, 0.3) is 0 Å². The second kappa shape index (κ2) is 8.44. The molecule has 2 aliphatic carbocycles. The van der Waals surface area contributed by atoms with Crippen molar-refractivity contribution < 1.29 is 23.5 Å². The van der Waals surface area contributed by atoms with Gasteiger partial charge in [-0.15, -0.1) is 0 Å². The van der Waals surface area contributed by atoms with Crippen molar-refractivity contribution in [2.24, 2.45) is 16.3 Å². The van der Waals surface area contributed by atoms with Crippen LogP contribution in [-0.4, -0.2) is 23.2 Å². The van der Waals surface area contributed by atoms with Gasteiger partial charge in [0.2, 0.25) is 0 Å². The summed E-state index contributed by atoms with van der Waals surface area (Å²) in [5.74, 6) is -1.77. The SMILES string of the molecule is CC1(C)CC(=O)C2=C(C1)N=C1c3ccccc3C(=O)C1C2c1ccc(OC(=O)c2ccc(F)cc2)cc1. The molecule has 5 nitrogen and oxygen atoms in total. The van der Waals surface area contributed by atoms with Gasteiger partial charge in [-0.3, -0.25) is 14.6 Å². The Balaban J connectivity index is 1.38. The lowest BCUT2D eigenvalue weighted by atomic mass is 9.66. The van der Waals surface area contributed by atoms with E-state index in [1.165, 1.54) is 24.3 Å². The smallest absolute Gasteiger partial charge is 0.343 e. The van der Waals surface area contributed by atoms with E-state index in [9.17, 15) is 18.8 Å². The number of fused-ring (bicyclic) bond motifs is 3. The molecular weight excluding hydrogens is 469 g/mol. The lowest BCUT2D eigenvalue weighted by molar-refractivity contribution is -0.118. The van der Waals surface area contributed by atoms with Gasteiger partial charge in [-0.2, -0.15) is 0 Å². The second-order valence-corrected chi connectivity index (χ2v) is 10.6. The van der Waals surface area contributed by atoms with E-state index in [0.29, 0.717) is 29.7 Å². The number of allylic oxidation sites excluding steroid dienone is 2. The fourth-order valence-electron chi connectivity index (χ4n) is 5.74. The molecule has 0 saturated heterocycles. The van der Waals surface area contributed by atoms with Crippen LogP contribution in [0.4, 0.5) is 4.39 Å². The zero-order chi connectivity index (χ0) is 25.9. The monoisotopic (exact) mass is 493 g/mol. The number of aliphatic imine (C=N–C) groups is 1. The number of hydrogen-bond donors (Lipinski definition) is 0. The van der Waals surface area contributed by atoms with Crippen molar-refractivity contribution in [1.29, 1.82) is 0 Å². The molecule has 1 aliphatic heterocycles. The molecule has 0 amide bonds. The number of carbonyl (C=O) groups is 3. The van der Waals surface area contributed by atoms with Crippen molar-refractivity contribution >= 4 is 23.2 Å². The second-order valence-electron chi connectivity index (χ2n) is 10.6. The van der Waals surface area contributed by atoms with E-state index in [0.717, 1.165) is 22.5 Å². The van der Waals surface area contributed by atoms with Gasteiger partial charge in [0.15, 0.2) is 11.6 Å². The van der Waals surface area contributed by atoms with E-state index in [1.54, 1.807) is 24.3 Å². The zero-order valence-corrected chi connectivity index (χ0v) is 20.5. The minimum absolute atomic E-state index is 0.0228. The molecule has 3 aromatic carbocycles. The Hall–Kier alpha value is -4.19. The van der Waals surface area contributed by atoms with Gasteiger partial charge < -0.3 is 4.74 Å². The van der Waals surface area contributed by atoms with Crippen molar-refractivity contribution in [3.63, 3.8) is 0 Å². The summed E-state index contributed by atoms with van der Waals surface area (Å²) in [4.78, 5) is 44.5. The minimum Gasteiger partial charge on any atom is -0.423 e. The average molecular weight is 494 g/mol. The highest BCUT2D eigenvalue weighted by molar-refractivity contribution is 6.30. The van der Waals surface area contributed by atoms with Crippen LogP contribution in [0.5, 0.6) is 5.75 Å². The van der Waals surface area contributed by atoms with Crippen molar-refractivity contribution in [1.82, 2.24) is 0 Å². The molecule has 6 rings (SSSR count). The number of rotatable bonds is 3. The maximum absolute atomic E-state index is 13.6. The van der Waals surface area contributed by atoms with Crippen LogP contribution in [0.2, 0.25) is 0 Å². The number of nitrogens with zero attached hydrogens (tertiary/aromatic N) is 1. The van der Waals surface area contributed by atoms with Crippen molar-refractivity contribution in [2.75, 3.05) is 0 Å². The van der Waals surface area contributed by atoms with Crippen LogP contribution in [0.25, 0.3) is 0 Å². The van der Waals surface area contributed by atoms with Gasteiger partial charge in [0.05, 0.1) is 17.2 Å². The molecule has 0 N–H and O–H groups in total. The van der Waals surface area contributed by atoms with E-state index in [4.69, 9.17) is 9.73 Å². The average Bonchev–Trinajstić information content (AvgIpc) is 3.15. The Morgan fingerprint density at radius 2 is 1.57 bits per heavy atom. The topological polar surface area (TPSA) is 72.8 Å². The molecule has 3 aromatic rings. The predicted molar refractivity (Wildman–Crippen MR) is 136 cm³/mol. The highest BCUT2D eigenvalue weighted by atomic mass is 19.1. The maximum atomic E-state index is 13.6. The Labute approximate surface area is 213 Å². The highest BCUT2D eigenvalue weighted by Gasteiger charge is 2.50. The first-order valence-electron chi connectivity index (χ1n) is 12.3. The fourth-order valence-corrected chi connectivity index (χ4v) is 5.74. The van der Waals surface area contributed by atoms with Crippen LogP contribution in [-0.2, 0) is 4.79 Å². The van der Waals surface area contributed by atoms with Crippen LogP contribution in [0, 0.1) is 17.2 Å². The Kier molecular flexibility index (Phi) is 5.30. The van der Waals surface area contributed by atoms with Crippen LogP contribution in [0.15, 0.2) is 89.1 Å². The lowest BCUT2D eigenvalue weighted by Gasteiger charge is -2.38. The van der Waals surface area contributed by atoms with Gasteiger partial charge in [-0.1, -0.05) is 50.2 Å². The van der Waals surface area contributed by atoms with Gasteiger partial charge >= 0.3 is 5.97 Å². The third-order valence-corrected chi connectivity index (χ3v) is 7.37. The van der Waals surface area contributed by atoms with E-state index < -0.39 is 23.6 Å². The van der Waals surface area contributed by atoms with E-state index in [1.807, 2.05) is 24.3 Å². The molecule has 3 aliphatic rings. The van der Waals surface area contributed by atoms with E-state index >= 15 is 0 Å². The molecule has 0 spiro atoms. The summed E-state index contributed by atoms with van der Waals surface area (Å²) in [6.07, 6.45) is 1.05. The van der Waals surface area contributed by atoms with Gasteiger partial charge in [-0.05, 0) is 53.8 Å². The van der Waals surface area contributed by atoms with E-state index in [2.05, 4.69) is 13.8 Å². The van der Waals surface area contributed by atoms with Gasteiger partial charge in [0.1, 0.15) is 11.6 Å². The first-order chi connectivity index (χ1) is 17.7. The molecular formula is C31H24FNO4. The summed E-state index contributed by atoms with van der Waals surface area (Å²) < 4.78 is 18.6. The normalized spacial score (nSPS) is 21.6. The summed E-state index contributed by atoms with van der Waals surface area (Å²) in [7, 11) is 0. The quantitative estimate of drug-likeness (QED) is 0.327. The third kappa shape index (κ3) is 3.93. The third-order valence-electron chi connectivity index (χ3n) is 7.37. The van der Waals surface area contributed by atoms with Crippen LogP contribution < -0.4 is 4.74 Å². The minimum atomic E-state index is -0.601. The highest BCUT2D eigenvalue weighted by Crippen LogP contribution is 2.51. The summed E-state index contributed by atoms with van der Waals surface area (Å²) in [5.41, 5.74) is 4.37. The molecule has 0 saturated carbocycles. The first-order valence-corrected chi connectivity index (χ1v) is 12.3. The number of ketones is 2. The Bertz CT molecular complexity index is 1530. The van der Waals surface area contributed by atoms with Crippen LogP contribution >= 0.6 is 0 Å². The number of ether oxygens (including phenoxy) is 1. The Morgan fingerprint density at radius 1 is 0.892 bits per heavy atom. The first kappa shape index (κ1) is 23.2. The molecule has 2 unspecified atom stereocenters. The number of carbonyl (C=O) groups excluding carboxylic acids is 3. The Morgan fingerprint density at radius 3 is 2.27 bits per heavy atom. The molecule has 37 heavy (non-hydrogen) atoms.